The molecule has 0 saturated carbocycles. The van der Waals surface area contributed by atoms with Crippen molar-refractivity contribution >= 4 is 11.8 Å². The number of carbonyl (C=O) groups is 1. The van der Waals surface area contributed by atoms with Gasteiger partial charge < -0.3 is 15.6 Å². The van der Waals surface area contributed by atoms with Crippen LogP contribution in [0.2, 0.25) is 0 Å². The second kappa shape index (κ2) is 4.70. The SMILES string of the molecule is CCC(OC)c1ncc(C(=O)O)c(N)n1. The van der Waals surface area contributed by atoms with Crippen molar-refractivity contribution in [3.05, 3.63) is 17.6 Å². The molecule has 0 aliphatic rings. The molecule has 0 aromatic carbocycles. The zero-order chi connectivity index (χ0) is 11.4. The minimum Gasteiger partial charge on any atom is -0.477 e. The summed E-state index contributed by atoms with van der Waals surface area (Å²) in [6.07, 6.45) is 1.64. The van der Waals surface area contributed by atoms with E-state index in [1.165, 1.54) is 6.20 Å². The van der Waals surface area contributed by atoms with Gasteiger partial charge in [-0.2, -0.15) is 0 Å². The van der Waals surface area contributed by atoms with Crippen LogP contribution in [-0.2, 0) is 4.74 Å². The molecular formula is C9H13N3O3. The second-order valence-corrected chi connectivity index (χ2v) is 2.96. The molecule has 1 atom stereocenters. The van der Waals surface area contributed by atoms with Gasteiger partial charge >= 0.3 is 5.97 Å². The lowest BCUT2D eigenvalue weighted by atomic mass is 10.2. The summed E-state index contributed by atoms with van der Waals surface area (Å²) < 4.78 is 5.11. The van der Waals surface area contributed by atoms with Crippen molar-refractivity contribution in [2.24, 2.45) is 0 Å². The van der Waals surface area contributed by atoms with Crippen molar-refractivity contribution in [1.82, 2.24) is 9.97 Å². The van der Waals surface area contributed by atoms with Crippen LogP contribution in [-0.4, -0.2) is 28.2 Å². The van der Waals surface area contributed by atoms with Gasteiger partial charge in [0, 0.05) is 13.3 Å². The van der Waals surface area contributed by atoms with Crippen molar-refractivity contribution in [2.75, 3.05) is 12.8 Å². The Labute approximate surface area is 87.1 Å². The summed E-state index contributed by atoms with van der Waals surface area (Å²) in [7, 11) is 1.54. The Balaban J connectivity index is 3.05. The van der Waals surface area contributed by atoms with E-state index in [1.54, 1.807) is 7.11 Å². The highest BCUT2D eigenvalue weighted by Gasteiger charge is 2.15. The first-order valence-electron chi connectivity index (χ1n) is 4.48. The van der Waals surface area contributed by atoms with Crippen LogP contribution >= 0.6 is 0 Å². The van der Waals surface area contributed by atoms with Crippen molar-refractivity contribution in [3.63, 3.8) is 0 Å². The third-order valence-electron chi connectivity index (χ3n) is 2.01. The molecule has 0 fully saturated rings. The van der Waals surface area contributed by atoms with Crippen LogP contribution in [0.3, 0.4) is 0 Å². The zero-order valence-corrected chi connectivity index (χ0v) is 8.60. The van der Waals surface area contributed by atoms with E-state index in [9.17, 15) is 4.79 Å². The fourth-order valence-corrected chi connectivity index (χ4v) is 1.18. The van der Waals surface area contributed by atoms with Crippen molar-refractivity contribution in [2.45, 2.75) is 19.4 Å². The quantitative estimate of drug-likeness (QED) is 0.766. The van der Waals surface area contributed by atoms with Gasteiger partial charge in [-0.3, -0.25) is 0 Å². The van der Waals surface area contributed by atoms with E-state index < -0.39 is 5.97 Å². The number of methoxy groups -OCH3 is 1. The molecule has 6 nitrogen and oxygen atoms in total. The van der Waals surface area contributed by atoms with Gasteiger partial charge in [-0.25, -0.2) is 14.8 Å². The molecule has 0 amide bonds. The second-order valence-electron chi connectivity index (χ2n) is 2.96. The molecule has 0 spiro atoms. The summed E-state index contributed by atoms with van der Waals surface area (Å²) in [5, 5.41) is 8.72. The zero-order valence-electron chi connectivity index (χ0n) is 8.60. The van der Waals surface area contributed by atoms with Gasteiger partial charge in [0.15, 0.2) is 5.82 Å². The number of aromatic carboxylic acids is 1. The highest BCUT2D eigenvalue weighted by atomic mass is 16.5. The van der Waals surface area contributed by atoms with Gasteiger partial charge in [0.25, 0.3) is 0 Å². The van der Waals surface area contributed by atoms with Crippen LogP contribution in [0.5, 0.6) is 0 Å². The number of ether oxygens (including phenoxy) is 1. The molecule has 1 heterocycles. The van der Waals surface area contributed by atoms with Crippen molar-refractivity contribution in [1.29, 1.82) is 0 Å². The molecule has 82 valence electrons. The Morgan fingerprint density at radius 2 is 2.40 bits per heavy atom. The van der Waals surface area contributed by atoms with E-state index in [-0.39, 0.29) is 17.5 Å². The number of nitrogens with two attached hydrogens (primary N) is 1. The van der Waals surface area contributed by atoms with Crippen LogP contribution in [0.15, 0.2) is 6.20 Å². The van der Waals surface area contributed by atoms with Crippen LogP contribution < -0.4 is 5.73 Å². The number of hydrogen-bond donors (Lipinski definition) is 2. The number of nitrogen functional groups attached to an aromatic ring is 1. The lowest BCUT2D eigenvalue weighted by Gasteiger charge is -2.11. The molecule has 0 aliphatic carbocycles. The highest BCUT2D eigenvalue weighted by Crippen LogP contribution is 2.18. The Kier molecular flexibility index (Phi) is 3.56. The molecule has 3 N–H and O–H groups in total. The molecule has 0 radical (unpaired) electrons. The Hall–Kier alpha value is -1.69. The van der Waals surface area contributed by atoms with Gasteiger partial charge in [0.2, 0.25) is 0 Å². The number of carboxylic acid groups (broad SMARTS) is 1. The van der Waals surface area contributed by atoms with Gasteiger partial charge in [0.1, 0.15) is 17.5 Å². The summed E-state index contributed by atoms with van der Waals surface area (Å²) in [4.78, 5) is 18.5. The molecule has 6 heteroatoms. The predicted molar refractivity (Wildman–Crippen MR) is 53.4 cm³/mol. The number of hydrogen-bond acceptors (Lipinski definition) is 5. The number of anilines is 1. The smallest absolute Gasteiger partial charge is 0.341 e. The largest absolute Gasteiger partial charge is 0.477 e. The first kappa shape index (κ1) is 11.4. The molecule has 1 unspecified atom stereocenters. The summed E-state index contributed by atoms with van der Waals surface area (Å²) in [6, 6.07) is 0. The fourth-order valence-electron chi connectivity index (χ4n) is 1.18. The average molecular weight is 211 g/mol. The highest BCUT2D eigenvalue weighted by molar-refractivity contribution is 5.92. The maximum absolute atomic E-state index is 10.7. The predicted octanol–water partition coefficient (Wildman–Crippen LogP) is 0.855. The topological polar surface area (TPSA) is 98.3 Å². The third-order valence-corrected chi connectivity index (χ3v) is 2.01. The molecule has 1 rings (SSSR count). The van der Waals surface area contributed by atoms with E-state index in [0.29, 0.717) is 12.2 Å². The monoisotopic (exact) mass is 211 g/mol. The Bertz CT molecular complexity index is 364. The molecule has 1 aromatic rings. The van der Waals surface area contributed by atoms with Crippen LogP contribution in [0.25, 0.3) is 0 Å². The maximum atomic E-state index is 10.7. The number of rotatable bonds is 4. The maximum Gasteiger partial charge on any atom is 0.341 e. The van der Waals surface area contributed by atoms with Crippen LogP contribution in [0.1, 0.15) is 35.6 Å². The standard InChI is InChI=1S/C9H13N3O3/c1-3-6(15-2)8-11-4-5(9(13)14)7(10)12-8/h4,6H,3H2,1-2H3,(H,13,14)(H2,10,11,12). The van der Waals surface area contributed by atoms with Gasteiger partial charge in [-0.15, -0.1) is 0 Å². The average Bonchev–Trinajstić information content (AvgIpc) is 2.19. The molecule has 0 aliphatic heterocycles. The molecule has 0 bridgehead atoms. The molecule has 0 saturated heterocycles. The number of nitrogens with zero attached hydrogens (tertiary/aromatic N) is 2. The minimum atomic E-state index is -1.13. The Morgan fingerprint density at radius 3 is 2.80 bits per heavy atom. The van der Waals surface area contributed by atoms with Crippen LogP contribution in [0, 0.1) is 0 Å². The number of aromatic nitrogens is 2. The lowest BCUT2D eigenvalue weighted by Crippen LogP contribution is -2.11. The fraction of sp³-hybridized carbons (Fsp3) is 0.444. The summed E-state index contributed by atoms with van der Waals surface area (Å²) in [6.45, 7) is 1.92. The lowest BCUT2D eigenvalue weighted by molar-refractivity contribution is 0.0695. The van der Waals surface area contributed by atoms with Crippen molar-refractivity contribution < 1.29 is 14.6 Å². The summed E-state index contributed by atoms with van der Waals surface area (Å²) >= 11 is 0. The van der Waals surface area contributed by atoms with Gasteiger partial charge in [-0.05, 0) is 6.42 Å². The van der Waals surface area contributed by atoms with E-state index in [1.807, 2.05) is 6.92 Å². The molecule has 1 aromatic heterocycles. The normalized spacial score (nSPS) is 12.4. The number of carboxylic acids is 1. The van der Waals surface area contributed by atoms with E-state index in [0.717, 1.165) is 0 Å². The third kappa shape index (κ3) is 2.41. The molecular weight excluding hydrogens is 198 g/mol. The summed E-state index contributed by atoms with van der Waals surface area (Å²) in [5.41, 5.74) is 5.39. The van der Waals surface area contributed by atoms with Gasteiger partial charge in [0.05, 0.1) is 0 Å². The van der Waals surface area contributed by atoms with Gasteiger partial charge in [-0.1, -0.05) is 6.92 Å². The first-order valence-corrected chi connectivity index (χ1v) is 4.48. The van der Waals surface area contributed by atoms with E-state index in [4.69, 9.17) is 15.6 Å². The first-order chi connectivity index (χ1) is 7.10. The van der Waals surface area contributed by atoms with Crippen LogP contribution in [0.4, 0.5) is 5.82 Å². The Morgan fingerprint density at radius 1 is 1.73 bits per heavy atom. The minimum absolute atomic E-state index is 0.0389. The van der Waals surface area contributed by atoms with E-state index in [2.05, 4.69) is 9.97 Å². The summed E-state index contributed by atoms with van der Waals surface area (Å²) in [5.74, 6) is -0.769. The van der Waals surface area contributed by atoms with E-state index >= 15 is 0 Å². The van der Waals surface area contributed by atoms with Crippen molar-refractivity contribution in [3.8, 4) is 0 Å². The molecule has 15 heavy (non-hydrogen) atoms.